The number of rotatable bonds is 38. The largest absolute Gasteiger partial charge is 0.490 e. The summed E-state index contributed by atoms with van der Waals surface area (Å²) in [5.41, 5.74) is 0.567. The van der Waals surface area contributed by atoms with Crippen LogP contribution in [-0.4, -0.2) is 32.8 Å². The zero-order chi connectivity index (χ0) is 42.6. The first-order chi connectivity index (χ1) is 29.0. The number of carbonyl (C=O) groups excluding carboxylic acids is 1. The van der Waals surface area contributed by atoms with Crippen LogP contribution in [0.3, 0.4) is 0 Å². The van der Waals surface area contributed by atoms with Crippen molar-refractivity contribution < 1.29 is 19.0 Å². The van der Waals surface area contributed by atoms with Gasteiger partial charge in [0.25, 0.3) is 5.91 Å². The number of benzene rings is 1. The summed E-state index contributed by atoms with van der Waals surface area (Å²) in [7, 11) is 1.59. The molecule has 2 aromatic carbocycles. The number of hydrogen-bond donors (Lipinski definition) is 0. The predicted octanol–water partition coefficient (Wildman–Crippen LogP) is 15.1. The zero-order valence-corrected chi connectivity index (χ0v) is 38.2. The van der Waals surface area contributed by atoms with Crippen molar-refractivity contribution in [2.45, 2.75) is 213 Å². The van der Waals surface area contributed by atoms with Crippen molar-refractivity contribution in [1.82, 2.24) is 0 Å². The van der Waals surface area contributed by atoms with Crippen LogP contribution in [0.25, 0.3) is 0 Å². The minimum Gasteiger partial charge on any atom is -0.490 e. The van der Waals surface area contributed by atoms with E-state index in [1.54, 1.807) is 25.2 Å². The summed E-state index contributed by atoms with van der Waals surface area (Å²) in [6, 6.07) is 11.5. The minimum atomic E-state index is -0.361. The SMILES string of the molecule is CCCCCCCCCCCCOc1cc(C(=O)N(C)c2ccc(C#N)ccc2=O)cc(OCCCCCCCCCCCC)c1OCCCCCCCCCCCC. The van der Waals surface area contributed by atoms with Crippen molar-refractivity contribution in [3.63, 3.8) is 0 Å². The summed E-state index contributed by atoms with van der Waals surface area (Å²) < 4.78 is 19.5. The third-order valence-corrected chi connectivity index (χ3v) is 11.4. The maximum absolute atomic E-state index is 14.1. The molecule has 0 fully saturated rings. The first-order valence-electron chi connectivity index (χ1n) is 24.4. The summed E-state index contributed by atoms with van der Waals surface area (Å²) in [6.07, 6.45) is 37.2. The van der Waals surface area contributed by atoms with Gasteiger partial charge in [0.15, 0.2) is 11.5 Å². The fraction of sp³-hybridized carbons (Fsp3) is 0.712. The monoisotopic (exact) mass is 817 g/mol. The molecule has 7 heteroatoms. The Balaban J connectivity index is 2.20. The van der Waals surface area contributed by atoms with Gasteiger partial charge in [-0.15, -0.1) is 0 Å². The van der Waals surface area contributed by atoms with E-state index in [2.05, 4.69) is 26.8 Å². The topological polar surface area (TPSA) is 88.9 Å². The van der Waals surface area contributed by atoms with Crippen molar-refractivity contribution in [2.75, 3.05) is 31.8 Å². The molecule has 332 valence electrons. The van der Waals surface area contributed by atoms with Crippen LogP contribution in [-0.2, 0) is 0 Å². The molecule has 0 bridgehead atoms. The lowest BCUT2D eigenvalue weighted by molar-refractivity contribution is 0.0991. The van der Waals surface area contributed by atoms with Crippen LogP contribution in [0.2, 0.25) is 0 Å². The molecule has 0 aliphatic heterocycles. The summed E-state index contributed by atoms with van der Waals surface area (Å²) in [5.74, 6) is 1.23. The third-order valence-electron chi connectivity index (χ3n) is 11.4. The Kier molecular flexibility index (Phi) is 30.8. The molecule has 2 rings (SSSR count). The summed E-state index contributed by atoms with van der Waals surface area (Å²) in [4.78, 5) is 28.5. The Morgan fingerprint density at radius 3 is 1.22 bits per heavy atom. The molecule has 0 saturated carbocycles. The maximum atomic E-state index is 14.1. The van der Waals surface area contributed by atoms with E-state index in [-0.39, 0.29) is 17.0 Å². The highest BCUT2D eigenvalue weighted by atomic mass is 16.5. The maximum Gasteiger partial charge on any atom is 0.258 e. The van der Waals surface area contributed by atoms with E-state index < -0.39 is 0 Å². The van der Waals surface area contributed by atoms with Crippen molar-refractivity contribution in [3.05, 3.63) is 57.7 Å². The molecule has 0 saturated heterocycles. The van der Waals surface area contributed by atoms with E-state index in [1.165, 1.54) is 177 Å². The van der Waals surface area contributed by atoms with Gasteiger partial charge in [0, 0.05) is 12.6 Å². The van der Waals surface area contributed by atoms with Crippen molar-refractivity contribution in [2.24, 2.45) is 0 Å². The van der Waals surface area contributed by atoms with Gasteiger partial charge < -0.3 is 19.1 Å². The Hall–Kier alpha value is -3.53. The van der Waals surface area contributed by atoms with Gasteiger partial charge in [-0.25, -0.2) is 0 Å². The summed E-state index contributed by atoms with van der Waals surface area (Å²) >= 11 is 0. The average molecular weight is 817 g/mol. The van der Waals surface area contributed by atoms with Crippen LogP contribution in [0.4, 0.5) is 5.69 Å². The van der Waals surface area contributed by atoms with E-state index >= 15 is 0 Å². The van der Waals surface area contributed by atoms with E-state index in [1.807, 2.05) is 0 Å². The second-order valence-corrected chi connectivity index (χ2v) is 16.7. The van der Waals surface area contributed by atoms with Crippen molar-refractivity contribution in [1.29, 1.82) is 5.26 Å². The molecule has 0 N–H and O–H groups in total. The van der Waals surface area contributed by atoms with Gasteiger partial charge in [0.2, 0.25) is 11.2 Å². The summed E-state index contributed by atoms with van der Waals surface area (Å²) in [5, 5.41) is 9.39. The van der Waals surface area contributed by atoms with Gasteiger partial charge >= 0.3 is 0 Å². The van der Waals surface area contributed by atoms with Crippen LogP contribution < -0.4 is 24.5 Å². The molecule has 0 aliphatic carbocycles. The van der Waals surface area contributed by atoms with Crippen LogP contribution in [0.1, 0.15) is 229 Å². The first kappa shape index (κ1) is 51.6. The van der Waals surface area contributed by atoms with Gasteiger partial charge in [-0.1, -0.05) is 194 Å². The number of unbranched alkanes of at least 4 members (excludes halogenated alkanes) is 27. The molecular weight excluding hydrogens is 733 g/mol. The highest BCUT2D eigenvalue weighted by Gasteiger charge is 2.23. The van der Waals surface area contributed by atoms with Gasteiger partial charge in [-0.2, -0.15) is 5.26 Å². The fourth-order valence-electron chi connectivity index (χ4n) is 7.58. The molecule has 0 spiro atoms. The van der Waals surface area contributed by atoms with Gasteiger partial charge in [0.1, 0.15) is 0 Å². The lowest BCUT2D eigenvalue weighted by Gasteiger charge is -2.21. The van der Waals surface area contributed by atoms with Gasteiger partial charge in [-0.3, -0.25) is 9.59 Å². The minimum absolute atomic E-state index is 0.193. The molecular formula is C52H84N2O5. The second-order valence-electron chi connectivity index (χ2n) is 16.7. The van der Waals surface area contributed by atoms with E-state index in [0.717, 1.165) is 38.5 Å². The molecule has 0 heterocycles. The van der Waals surface area contributed by atoms with Gasteiger partial charge in [-0.05, 0) is 55.7 Å². The molecule has 7 nitrogen and oxygen atoms in total. The highest BCUT2D eigenvalue weighted by Crippen LogP contribution is 2.40. The molecule has 0 atom stereocenters. The first-order valence-corrected chi connectivity index (χ1v) is 24.4. The van der Waals surface area contributed by atoms with Crippen LogP contribution in [0, 0.1) is 11.3 Å². The lowest BCUT2D eigenvalue weighted by Crippen LogP contribution is -2.29. The zero-order valence-electron chi connectivity index (χ0n) is 38.2. The van der Waals surface area contributed by atoms with E-state index in [9.17, 15) is 14.9 Å². The summed E-state index contributed by atoms with van der Waals surface area (Å²) in [6.45, 7) is 8.38. The Bertz CT molecular complexity index is 1420. The normalized spacial score (nSPS) is 11.0. The standard InChI is InChI=1S/C52H84N2O5/c1-5-8-11-14-17-20-23-26-29-32-39-57-49-42-46(52(56)54(4)47-37-35-45(44-53)36-38-48(47)55)43-50(58-40-33-30-27-24-21-18-15-12-9-6-2)51(49)59-41-34-31-28-25-22-19-16-13-10-7-3/h35-38,42-43H,5-34,39-41H2,1-4H3. The molecule has 0 radical (unpaired) electrons. The van der Waals surface area contributed by atoms with Crippen LogP contribution in [0.5, 0.6) is 17.2 Å². The number of carbonyl (C=O) groups is 1. The van der Waals surface area contributed by atoms with E-state index in [0.29, 0.717) is 48.2 Å². The molecule has 1 amide bonds. The van der Waals surface area contributed by atoms with Crippen LogP contribution in [0.15, 0.2) is 41.2 Å². The number of amides is 1. The fourth-order valence-corrected chi connectivity index (χ4v) is 7.58. The molecule has 0 aliphatic rings. The Morgan fingerprint density at radius 1 is 0.508 bits per heavy atom. The smallest absolute Gasteiger partial charge is 0.258 e. The Morgan fingerprint density at radius 2 is 0.847 bits per heavy atom. The molecule has 0 aromatic heterocycles. The number of anilines is 1. The Labute approximate surface area is 361 Å². The van der Waals surface area contributed by atoms with Crippen LogP contribution >= 0.6 is 0 Å². The molecule has 2 aromatic rings. The molecule has 59 heavy (non-hydrogen) atoms. The van der Waals surface area contributed by atoms with Crippen molar-refractivity contribution >= 4 is 11.6 Å². The van der Waals surface area contributed by atoms with Gasteiger partial charge in [0.05, 0.1) is 37.1 Å². The predicted molar refractivity (Wildman–Crippen MR) is 249 cm³/mol. The molecule has 0 unspecified atom stereocenters. The van der Waals surface area contributed by atoms with E-state index in [4.69, 9.17) is 14.2 Å². The second kappa shape index (κ2) is 35.2. The number of hydrogen-bond acceptors (Lipinski definition) is 6. The quantitative estimate of drug-likeness (QED) is 0.0627. The third kappa shape index (κ3) is 23.7. The number of nitriles is 1. The average Bonchev–Trinajstić information content (AvgIpc) is 3.44. The lowest BCUT2D eigenvalue weighted by atomic mass is 10.1. The number of nitrogens with zero attached hydrogens (tertiary/aromatic N) is 2. The van der Waals surface area contributed by atoms with Crippen molar-refractivity contribution in [3.8, 4) is 23.3 Å². The highest BCUT2D eigenvalue weighted by molar-refractivity contribution is 6.06. The number of ether oxygens (including phenoxy) is 3.